The fraction of sp³-hybridized carbons (Fsp3) is 0.917. The minimum absolute atomic E-state index is 0.184. The predicted molar refractivity (Wildman–Crippen MR) is 63.3 cm³/mol. The zero-order valence-corrected chi connectivity index (χ0v) is 10.3. The molecule has 0 spiro atoms. The Morgan fingerprint density at radius 2 is 1.94 bits per heavy atom. The molecule has 1 aliphatic rings. The summed E-state index contributed by atoms with van der Waals surface area (Å²) in [5, 5.41) is 17.2. The zero-order valence-electron chi connectivity index (χ0n) is 10.3. The molecule has 0 radical (unpaired) electrons. The van der Waals surface area contributed by atoms with Gasteiger partial charge in [0, 0.05) is 12.8 Å². The number of hydrogen-bond donors (Lipinski definition) is 2. The molecule has 1 rings (SSSR count). The summed E-state index contributed by atoms with van der Waals surface area (Å²) in [5.41, 5.74) is 0. The monoisotopic (exact) mass is 245 g/mol. The van der Waals surface area contributed by atoms with Crippen molar-refractivity contribution in [3.63, 3.8) is 0 Å². The van der Waals surface area contributed by atoms with Crippen molar-refractivity contribution in [3.05, 3.63) is 0 Å². The van der Waals surface area contributed by atoms with Crippen LogP contribution in [0.3, 0.4) is 0 Å². The highest BCUT2D eigenvalue weighted by Gasteiger charge is 2.11. The van der Waals surface area contributed by atoms with Crippen LogP contribution in [0, 0.1) is 0 Å². The molecule has 5 heteroatoms. The molecule has 0 saturated carbocycles. The van der Waals surface area contributed by atoms with Gasteiger partial charge in [-0.15, -0.1) is 0 Å². The van der Waals surface area contributed by atoms with Crippen LogP contribution >= 0.6 is 0 Å². The molecule has 0 amide bonds. The largest absolute Gasteiger partial charge is 0.466 e. The van der Waals surface area contributed by atoms with Crippen molar-refractivity contribution >= 4 is 5.97 Å². The van der Waals surface area contributed by atoms with Crippen molar-refractivity contribution < 1.29 is 19.7 Å². The molecule has 2 N–H and O–H groups in total. The van der Waals surface area contributed by atoms with E-state index >= 15 is 0 Å². The van der Waals surface area contributed by atoms with Crippen LogP contribution < -0.4 is 0 Å². The third-order valence-electron chi connectivity index (χ3n) is 2.92. The Hall–Kier alpha value is -0.650. The van der Waals surface area contributed by atoms with Gasteiger partial charge in [0.2, 0.25) is 0 Å². The van der Waals surface area contributed by atoms with Crippen LogP contribution in [0.15, 0.2) is 0 Å². The molecule has 1 fully saturated rings. The minimum atomic E-state index is -1.30. The SMILES string of the molecule is O=C(CCCN1CCCC1)OCCCC(O)O. The van der Waals surface area contributed by atoms with Gasteiger partial charge in [-0.1, -0.05) is 0 Å². The van der Waals surface area contributed by atoms with Gasteiger partial charge in [0.15, 0.2) is 6.29 Å². The normalized spacial score (nSPS) is 16.6. The molecule has 5 nitrogen and oxygen atoms in total. The summed E-state index contributed by atoms with van der Waals surface area (Å²) in [6.45, 7) is 3.57. The van der Waals surface area contributed by atoms with E-state index in [1.54, 1.807) is 0 Å². The van der Waals surface area contributed by atoms with Crippen LogP contribution in [0.25, 0.3) is 0 Å². The number of carbonyl (C=O) groups is 1. The van der Waals surface area contributed by atoms with Gasteiger partial charge in [0.05, 0.1) is 6.61 Å². The average molecular weight is 245 g/mol. The Labute approximate surface area is 102 Å². The molecule has 1 saturated heterocycles. The smallest absolute Gasteiger partial charge is 0.305 e. The molecular formula is C12H23NO4. The lowest BCUT2D eigenvalue weighted by atomic mass is 10.3. The second-order valence-corrected chi connectivity index (χ2v) is 4.50. The van der Waals surface area contributed by atoms with Crippen molar-refractivity contribution in [2.45, 2.75) is 44.8 Å². The first kappa shape index (κ1) is 14.4. The van der Waals surface area contributed by atoms with Crippen LogP contribution in [-0.4, -0.2) is 53.6 Å². The van der Waals surface area contributed by atoms with E-state index < -0.39 is 6.29 Å². The lowest BCUT2D eigenvalue weighted by molar-refractivity contribution is -0.144. The first-order valence-corrected chi connectivity index (χ1v) is 6.42. The maximum absolute atomic E-state index is 11.3. The van der Waals surface area contributed by atoms with Crippen LogP contribution in [-0.2, 0) is 9.53 Å². The molecule has 1 heterocycles. The predicted octanol–water partition coefficient (Wildman–Crippen LogP) is 0.496. The zero-order chi connectivity index (χ0) is 12.5. The van der Waals surface area contributed by atoms with Gasteiger partial charge >= 0.3 is 5.97 Å². The lowest BCUT2D eigenvalue weighted by Gasteiger charge is -2.13. The number of nitrogens with zero attached hydrogens (tertiary/aromatic N) is 1. The highest BCUT2D eigenvalue weighted by molar-refractivity contribution is 5.69. The van der Waals surface area contributed by atoms with Gasteiger partial charge < -0.3 is 19.8 Å². The van der Waals surface area contributed by atoms with E-state index in [1.807, 2.05) is 0 Å². The summed E-state index contributed by atoms with van der Waals surface area (Å²) in [5.74, 6) is -0.184. The van der Waals surface area contributed by atoms with Gasteiger partial charge in [0.1, 0.15) is 0 Å². The fourth-order valence-corrected chi connectivity index (χ4v) is 1.98. The molecule has 0 aromatic rings. The maximum atomic E-state index is 11.3. The van der Waals surface area contributed by atoms with E-state index in [-0.39, 0.29) is 19.0 Å². The third-order valence-corrected chi connectivity index (χ3v) is 2.92. The third kappa shape index (κ3) is 7.31. The molecule has 0 bridgehead atoms. The summed E-state index contributed by atoms with van der Waals surface area (Å²) in [6, 6.07) is 0. The second-order valence-electron chi connectivity index (χ2n) is 4.50. The molecule has 0 unspecified atom stereocenters. The summed E-state index contributed by atoms with van der Waals surface area (Å²) in [6.07, 6.45) is 3.29. The maximum Gasteiger partial charge on any atom is 0.305 e. The molecule has 0 aliphatic carbocycles. The van der Waals surface area contributed by atoms with E-state index in [4.69, 9.17) is 14.9 Å². The Balaban J connectivity index is 1.90. The Kier molecular flexibility index (Phi) is 7.16. The average Bonchev–Trinajstić information content (AvgIpc) is 2.77. The van der Waals surface area contributed by atoms with Gasteiger partial charge in [-0.2, -0.15) is 0 Å². The Morgan fingerprint density at radius 1 is 1.24 bits per heavy atom. The molecule has 0 aromatic heterocycles. The minimum Gasteiger partial charge on any atom is -0.466 e. The number of carbonyl (C=O) groups excluding carboxylic acids is 1. The number of hydrogen-bond acceptors (Lipinski definition) is 5. The molecule has 17 heavy (non-hydrogen) atoms. The van der Waals surface area contributed by atoms with E-state index in [0.29, 0.717) is 12.8 Å². The van der Waals surface area contributed by atoms with Crippen molar-refractivity contribution in [2.24, 2.45) is 0 Å². The van der Waals surface area contributed by atoms with E-state index in [1.165, 1.54) is 12.8 Å². The van der Waals surface area contributed by atoms with Crippen molar-refractivity contribution in [1.82, 2.24) is 4.90 Å². The summed E-state index contributed by atoms with van der Waals surface area (Å²) < 4.78 is 4.98. The van der Waals surface area contributed by atoms with Gasteiger partial charge in [-0.3, -0.25) is 4.79 Å². The van der Waals surface area contributed by atoms with Crippen LogP contribution in [0.5, 0.6) is 0 Å². The first-order valence-electron chi connectivity index (χ1n) is 6.42. The summed E-state index contributed by atoms with van der Waals surface area (Å²) >= 11 is 0. The number of aliphatic hydroxyl groups is 2. The fourth-order valence-electron chi connectivity index (χ4n) is 1.98. The number of aliphatic hydroxyl groups excluding tert-OH is 1. The van der Waals surface area contributed by atoms with Gasteiger partial charge in [-0.05, 0) is 45.3 Å². The van der Waals surface area contributed by atoms with E-state index in [0.717, 1.165) is 26.1 Å². The van der Waals surface area contributed by atoms with Crippen molar-refractivity contribution in [1.29, 1.82) is 0 Å². The molecule has 0 atom stereocenters. The van der Waals surface area contributed by atoms with Gasteiger partial charge in [0.25, 0.3) is 0 Å². The van der Waals surface area contributed by atoms with Crippen LogP contribution in [0.2, 0.25) is 0 Å². The van der Waals surface area contributed by atoms with Crippen molar-refractivity contribution in [2.75, 3.05) is 26.2 Å². The Bertz CT molecular complexity index is 215. The second kappa shape index (κ2) is 8.44. The highest BCUT2D eigenvalue weighted by atomic mass is 16.5. The molecular weight excluding hydrogens is 222 g/mol. The number of esters is 1. The van der Waals surface area contributed by atoms with Crippen molar-refractivity contribution in [3.8, 4) is 0 Å². The van der Waals surface area contributed by atoms with Gasteiger partial charge in [-0.25, -0.2) is 0 Å². The standard InChI is InChI=1S/C12H23NO4/c14-11(15)5-4-10-17-12(16)6-3-9-13-7-1-2-8-13/h11,14-15H,1-10H2. The van der Waals surface area contributed by atoms with Crippen LogP contribution in [0.4, 0.5) is 0 Å². The lowest BCUT2D eigenvalue weighted by Crippen LogP contribution is -2.21. The molecule has 100 valence electrons. The number of ether oxygens (including phenoxy) is 1. The Morgan fingerprint density at radius 3 is 2.59 bits per heavy atom. The van der Waals surface area contributed by atoms with E-state index in [9.17, 15) is 4.79 Å². The molecule has 1 aliphatic heterocycles. The first-order chi connectivity index (χ1) is 8.18. The van der Waals surface area contributed by atoms with E-state index in [2.05, 4.69) is 4.90 Å². The molecule has 0 aromatic carbocycles. The number of rotatable bonds is 8. The van der Waals surface area contributed by atoms with Crippen LogP contribution in [0.1, 0.15) is 38.5 Å². The number of likely N-dealkylation sites (tertiary alicyclic amines) is 1. The summed E-state index contributed by atoms with van der Waals surface area (Å²) in [7, 11) is 0. The topological polar surface area (TPSA) is 70.0 Å². The summed E-state index contributed by atoms with van der Waals surface area (Å²) in [4.78, 5) is 13.7. The quantitative estimate of drug-likeness (QED) is 0.370. The highest BCUT2D eigenvalue weighted by Crippen LogP contribution is 2.08.